The molecule has 3 aliphatic rings. The Labute approximate surface area is 251 Å². The highest BCUT2D eigenvalue weighted by atomic mass is 32.1. The molecule has 0 unspecified atom stereocenters. The second-order valence-corrected chi connectivity index (χ2v) is 13.9. The van der Waals surface area contributed by atoms with E-state index in [0.29, 0.717) is 47.3 Å². The number of carbonyl (C=O) groups is 3. The first-order valence-corrected chi connectivity index (χ1v) is 15.6. The van der Waals surface area contributed by atoms with Crippen LogP contribution in [0.1, 0.15) is 65.3 Å². The fourth-order valence-corrected chi connectivity index (χ4v) is 8.95. The third-order valence-corrected chi connectivity index (χ3v) is 10.9. The molecule has 3 atom stereocenters. The fourth-order valence-electron chi connectivity index (χ4n) is 6.43. The summed E-state index contributed by atoms with van der Waals surface area (Å²) in [6.07, 6.45) is 3.63. The molecule has 1 saturated carbocycles. The molecule has 14 heteroatoms. The Morgan fingerprint density at radius 3 is 2.21 bits per heavy atom. The molecule has 1 saturated heterocycles. The van der Waals surface area contributed by atoms with Crippen LogP contribution in [0.4, 0.5) is 0 Å². The molecule has 12 nitrogen and oxygen atoms in total. The van der Waals surface area contributed by atoms with E-state index in [2.05, 4.69) is 32.0 Å². The number of aromatic nitrogens is 4. The molecule has 2 aliphatic carbocycles. The number of hydrogen-bond donors (Lipinski definition) is 2. The number of amides is 3. The number of tetrazole rings is 1. The number of thiophene rings is 2. The van der Waals surface area contributed by atoms with Gasteiger partial charge >= 0.3 is 0 Å². The molecule has 1 aliphatic heterocycles. The summed E-state index contributed by atoms with van der Waals surface area (Å²) in [6.45, 7) is 0.545. The van der Waals surface area contributed by atoms with Crippen molar-refractivity contribution in [2.75, 3.05) is 41.3 Å². The van der Waals surface area contributed by atoms with E-state index in [-0.39, 0.29) is 36.3 Å². The van der Waals surface area contributed by atoms with Crippen LogP contribution in [0.15, 0.2) is 12.1 Å². The molecule has 2 N–H and O–H groups in total. The molecule has 0 spiro atoms. The number of fused-ring (bicyclic) bond motifs is 3. The van der Waals surface area contributed by atoms with Crippen molar-refractivity contribution >= 4 is 40.4 Å². The Kier molecular flexibility index (Phi) is 7.36. The zero-order chi connectivity index (χ0) is 29.8. The first kappa shape index (κ1) is 28.4. The van der Waals surface area contributed by atoms with Crippen molar-refractivity contribution in [3.8, 4) is 6.07 Å². The van der Waals surface area contributed by atoms with Gasteiger partial charge in [-0.25, -0.2) is 0 Å². The van der Waals surface area contributed by atoms with Crippen LogP contribution in [0.5, 0.6) is 0 Å². The molecular formula is C28H33N9O3S2. The van der Waals surface area contributed by atoms with Crippen molar-refractivity contribution in [1.29, 1.82) is 5.26 Å². The molecule has 3 aromatic rings. The van der Waals surface area contributed by atoms with Gasteiger partial charge in [0.15, 0.2) is 5.82 Å². The van der Waals surface area contributed by atoms with Crippen LogP contribution in [-0.2, 0) is 23.1 Å². The van der Waals surface area contributed by atoms with Gasteiger partial charge in [0.1, 0.15) is 6.04 Å². The summed E-state index contributed by atoms with van der Waals surface area (Å²) in [5.74, 6) is 0.686. The smallest absolute Gasteiger partial charge is 0.263 e. The second kappa shape index (κ2) is 10.9. The lowest BCUT2D eigenvalue weighted by molar-refractivity contribution is -0.131. The van der Waals surface area contributed by atoms with Crippen molar-refractivity contribution in [2.45, 2.75) is 49.6 Å². The normalized spacial score (nSPS) is 21.5. The Balaban J connectivity index is 1.38. The standard InChI is InChI=1S/C28H33N9O3S2/c1-35(2)25(39)22-11-17-20(41-22)5-6-21-18(12-23(42-21)26(40)36(3)4)28(17,27-31-33-34-32-27)7-8-30-14-24(38)37-16(13-29)9-15-10-19(15)37/h11-12,15-16,19,30H,5-10,14H2,1-4H3,(H,31,32,33,34)/t15-,16+,19+/m1/s1. The van der Waals surface area contributed by atoms with Gasteiger partial charge in [-0.1, -0.05) is 5.21 Å². The van der Waals surface area contributed by atoms with Gasteiger partial charge in [0.2, 0.25) is 5.91 Å². The lowest BCUT2D eigenvalue weighted by Gasteiger charge is -2.31. The monoisotopic (exact) mass is 607 g/mol. The van der Waals surface area contributed by atoms with Gasteiger partial charge in [0.05, 0.1) is 27.8 Å². The van der Waals surface area contributed by atoms with Crippen molar-refractivity contribution in [3.05, 3.63) is 48.6 Å². The zero-order valence-electron chi connectivity index (χ0n) is 24.0. The maximum absolute atomic E-state index is 13.1. The van der Waals surface area contributed by atoms with E-state index in [9.17, 15) is 19.6 Å². The van der Waals surface area contributed by atoms with Gasteiger partial charge in [0.25, 0.3) is 11.8 Å². The number of aryl methyl sites for hydroxylation is 2. The Morgan fingerprint density at radius 2 is 1.69 bits per heavy atom. The van der Waals surface area contributed by atoms with Gasteiger partial charge in [0, 0.05) is 44.0 Å². The summed E-state index contributed by atoms with van der Waals surface area (Å²) < 4.78 is 0. The topological polar surface area (TPSA) is 151 Å². The van der Waals surface area contributed by atoms with Gasteiger partial charge in [-0.2, -0.15) is 10.5 Å². The third kappa shape index (κ3) is 4.69. The summed E-state index contributed by atoms with van der Waals surface area (Å²) in [7, 11) is 6.94. The highest BCUT2D eigenvalue weighted by Gasteiger charge is 2.54. The number of aromatic amines is 1. The summed E-state index contributed by atoms with van der Waals surface area (Å²) in [6, 6.07) is 6.01. The minimum absolute atomic E-state index is 0.0637. The summed E-state index contributed by atoms with van der Waals surface area (Å²) in [5, 5.41) is 28.3. The maximum Gasteiger partial charge on any atom is 0.263 e. The van der Waals surface area contributed by atoms with Crippen LogP contribution in [0, 0.1) is 17.2 Å². The molecule has 4 heterocycles. The van der Waals surface area contributed by atoms with Crippen LogP contribution in [0.2, 0.25) is 0 Å². The Hall–Kier alpha value is -3.67. The molecule has 6 rings (SSSR count). The summed E-state index contributed by atoms with van der Waals surface area (Å²) in [4.78, 5) is 47.5. The zero-order valence-corrected chi connectivity index (χ0v) is 25.6. The van der Waals surface area contributed by atoms with Crippen molar-refractivity contribution < 1.29 is 14.4 Å². The molecule has 3 amide bonds. The average Bonchev–Trinajstić information content (AvgIpc) is 3.47. The van der Waals surface area contributed by atoms with E-state index in [1.807, 2.05) is 12.1 Å². The van der Waals surface area contributed by atoms with E-state index < -0.39 is 5.41 Å². The number of nitrogens with zero attached hydrogens (tertiary/aromatic N) is 7. The Morgan fingerprint density at radius 1 is 1.07 bits per heavy atom. The number of rotatable bonds is 8. The molecule has 3 aromatic heterocycles. The quantitative estimate of drug-likeness (QED) is 0.367. The largest absolute Gasteiger partial charge is 0.344 e. The number of likely N-dealkylation sites (tertiary alicyclic amines) is 1. The predicted octanol–water partition coefficient (Wildman–Crippen LogP) is 1.65. The minimum Gasteiger partial charge on any atom is -0.344 e. The van der Waals surface area contributed by atoms with E-state index in [1.165, 1.54) is 22.7 Å². The van der Waals surface area contributed by atoms with Gasteiger partial charge in [-0.05, 0) is 67.8 Å². The summed E-state index contributed by atoms with van der Waals surface area (Å²) >= 11 is 2.97. The van der Waals surface area contributed by atoms with Crippen LogP contribution < -0.4 is 5.32 Å². The fraction of sp³-hybridized carbons (Fsp3) is 0.536. The lowest BCUT2D eigenvalue weighted by Crippen LogP contribution is -2.44. The van der Waals surface area contributed by atoms with Crippen molar-refractivity contribution in [3.63, 3.8) is 0 Å². The van der Waals surface area contributed by atoms with Gasteiger partial charge < -0.3 is 20.0 Å². The first-order chi connectivity index (χ1) is 20.1. The van der Waals surface area contributed by atoms with Crippen LogP contribution in [0.3, 0.4) is 0 Å². The number of nitrogens with one attached hydrogen (secondary N) is 2. The number of nitriles is 1. The molecule has 0 bridgehead atoms. The van der Waals surface area contributed by atoms with E-state index in [4.69, 9.17) is 0 Å². The van der Waals surface area contributed by atoms with E-state index in [0.717, 1.165) is 33.7 Å². The predicted molar refractivity (Wildman–Crippen MR) is 156 cm³/mol. The van der Waals surface area contributed by atoms with Crippen LogP contribution in [-0.4, -0.2) is 106 Å². The average molecular weight is 608 g/mol. The highest BCUT2D eigenvalue weighted by Crippen LogP contribution is 2.50. The van der Waals surface area contributed by atoms with Gasteiger partial charge in [-0.3, -0.25) is 14.4 Å². The molecule has 220 valence electrons. The van der Waals surface area contributed by atoms with Crippen molar-refractivity contribution in [2.24, 2.45) is 5.92 Å². The summed E-state index contributed by atoms with van der Waals surface area (Å²) in [5.41, 5.74) is 0.951. The number of hydrogen-bond acceptors (Lipinski definition) is 10. The first-order valence-electron chi connectivity index (χ1n) is 14.0. The van der Waals surface area contributed by atoms with Crippen LogP contribution in [0.25, 0.3) is 0 Å². The van der Waals surface area contributed by atoms with Crippen molar-refractivity contribution in [1.82, 2.24) is 40.6 Å². The van der Waals surface area contributed by atoms with E-state index >= 15 is 0 Å². The SMILES string of the molecule is CN(C)C(=O)c1cc2c(s1)CCc1sc(C(=O)N(C)C)cc1C2(CCNCC(=O)N1[C@H](C#N)C[C@@H]2C[C@@H]21)c1nn[nH]n1. The minimum atomic E-state index is -0.905. The number of H-pyrrole nitrogens is 1. The Bertz CT molecular complexity index is 1500. The second-order valence-electron chi connectivity index (χ2n) is 11.6. The van der Waals surface area contributed by atoms with Gasteiger partial charge in [-0.15, -0.1) is 32.9 Å². The maximum atomic E-state index is 13.1. The molecule has 0 aromatic carbocycles. The molecule has 0 radical (unpaired) electrons. The highest BCUT2D eigenvalue weighted by molar-refractivity contribution is 7.15. The third-order valence-electron chi connectivity index (χ3n) is 8.57. The lowest BCUT2D eigenvalue weighted by atomic mass is 9.71. The number of piperidine rings is 1. The van der Waals surface area contributed by atoms with E-state index in [1.54, 1.807) is 42.9 Å². The molecule has 42 heavy (non-hydrogen) atoms. The van der Waals surface area contributed by atoms with Crippen LogP contribution >= 0.6 is 22.7 Å². The molecular weight excluding hydrogens is 575 g/mol. The number of carbonyl (C=O) groups excluding carboxylic acids is 3. The molecule has 2 fully saturated rings.